The van der Waals surface area contributed by atoms with Gasteiger partial charge in [0.15, 0.2) is 0 Å². The fourth-order valence-electron chi connectivity index (χ4n) is 3.70. The molecular formula is C27H31F2N5O6S. The van der Waals surface area contributed by atoms with Crippen LogP contribution >= 0.6 is 0 Å². The number of hydrogen-bond acceptors (Lipinski definition) is 7. The number of sulfonamides is 1. The number of rotatable bonds is 11. The average Bonchev–Trinajstić information content (AvgIpc) is 3.33. The Morgan fingerprint density at radius 2 is 1.66 bits per heavy atom. The third-order valence-electron chi connectivity index (χ3n) is 5.51. The standard InChI is InChI=1S/C27H31F2N5O6S/c1-16-13-24(33-40-16)41(38,39)34-22(15-23(35)32-27(2,3)4)26(37)31-12-11-30-25(36)19-14-17(9-10-21(19)29)18-7-5-6-8-20(18)28/h5-10,13-14,22,34H,11-12,15H2,1-4H3,(H,30,36)(H,31,37)(H,32,35)/t22-/m0/s1. The Kier molecular flexibility index (Phi) is 9.94. The predicted molar refractivity (Wildman–Crippen MR) is 145 cm³/mol. The number of nitrogens with one attached hydrogen (secondary N) is 4. The lowest BCUT2D eigenvalue weighted by molar-refractivity contribution is -0.128. The van der Waals surface area contributed by atoms with Crippen LogP contribution in [0.25, 0.3) is 11.1 Å². The van der Waals surface area contributed by atoms with E-state index in [1.807, 2.05) is 0 Å². The molecule has 4 N–H and O–H groups in total. The maximum atomic E-state index is 14.4. The zero-order valence-corrected chi connectivity index (χ0v) is 23.7. The molecule has 1 aromatic heterocycles. The van der Waals surface area contributed by atoms with E-state index < -0.39 is 62.4 Å². The topological polar surface area (TPSA) is 160 Å². The van der Waals surface area contributed by atoms with Gasteiger partial charge in [-0.25, -0.2) is 17.2 Å². The summed E-state index contributed by atoms with van der Waals surface area (Å²) in [7, 11) is -4.32. The van der Waals surface area contributed by atoms with Crippen molar-refractivity contribution in [3.8, 4) is 11.1 Å². The molecule has 41 heavy (non-hydrogen) atoms. The molecule has 0 aliphatic heterocycles. The molecule has 0 aliphatic rings. The van der Waals surface area contributed by atoms with Gasteiger partial charge in [-0.15, -0.1) is 0 Å². The summed E-state index contributed by atoms with van der Waals surface area (Å²) in [6, 6.07) is 9.10. The first-order valence-electron chi connectivity index (χ1n) is 12.5. The van der Waals surface area contributed by atoms with Crippen molar-refractivity contribution in [2.75, 3.05) is 13.1 Å². The van der Waals surface area contributed by atoms with Crippen molar-refractivity contribution in [1.82, 2.24) is 25.8 Å². The van der Waals surface area contributed by atoms with Gasteiger partial charge in [0.2, 0.25) is 16.8 Å². The van der Waals surface area contributed by atoms with Crippen LogP contribution in [0.5, 0.6) is 0 Å². The van der Waals surface area contributed by atoms with Crippen molar-refractivity contribution >= 4 is 27.7 Å². The molecule has 0 bridgehead atoms. The number of halogens is 2. The van der Waals surface area contributed by atoms with Crippen LogP contribution in [0.2, 0.25) is 0 Å². The smallest absolute Gasteiger partial charge is 0.262 e. The first-order valence-corrected chi connectivity index (χ1v) is 14.0. The van der Waals surface area contributed by atoms with E-state index in [1.165, 1.54) is 37.3 Å². The minimum Gasteiger partial charge on any atom is -0.360 e. The number of hydrogen-bond donors (Lipinski definition) is 4. The highest BCUT2D eigenvalue weighted by molar-refractivity contribution is 7.89. The molecule has 0 fully saturated rings. The number of benzene rings is 2. The zero-order valence-electron chi connectivity index (χ0n) is 22.9. The lowest BCUT2D eigenvalue weighted by Crippen LogP contribution is -2.51. The summed E-state index contributed by atoms with van der Waals surface area (Å²) in [6.07, 6.45) is -0.528. The number of carbonyl (C=O) groups is 3. The molecule has 3 aromatic rings. The molecule has 0 aliphatic carbocycles. The van der Waals surface area contributed by atoms with Crippen molar-refractivity contribution in [3.63, 3.8) is 0 Å². The van der Waals surface area contributed by atoms with Crippen molar-refractivity contribution in [1.29, 1.82) is 0 Å². The van der Waals surface area contributed by atoms with Crippen LogP contribution in [0.1, 0.15) is 43.3 Å². The molecule has 220 valence electrons. The van der Waals surface area contributed by atoms with Gasteiger partial charge in [-0.05, 0) is 51.5 Å². The van der Waals surface area contributed by atoms with Gasteiger partial charge >= 0.3 is 0 Å². The molecule has 0 unspecified atom stereocenters. The summed E-state index contributed by atoms with van der Waals surface area (Å²) in [6.45, 7) is 6.31. The van der Waals surface area contributed by atoms with Crippen LogP contribution in [-0.4, -0.2) is 56.0 Å². The molecule has 0 saturated heterocycles. The number of nitrogens with zero attached hydrogens (tertiary/aromatic N) is 1. The molecule has 1 atom stereocenters. The third kappa shape index (κ3) is 8.91. The first kappa shape index (κ1) is 31.4. The summed E-state index contributed by atoms with van der Waals surface area (Å²) in [5, 5.41) is 10.5. The Labute approximate surface area is 236 Å². The maximum absolute atomic E-state index is 14.4. The van der Waals surface area contributed by atoms with Crippen molar-refractivity contribution in [3.05, 3.63) is 71.5 Å². The van der Waals surface area contributed by atoms with E-state index in [2.05, 4.69) is 25.8 Å². The zero-order chi connectivity index (χ0) is 30.4. The summed E-state index contributed by atoms with van der Waals surface area (Å²) in [5.41, 5.74) is -0.472. The van der Waals surface area contributed by atoms with Gasteiger partial charge in [0.25, 0.3) is 15.9 Å². The van der Waals surface area contributed by atoms with E-state index in [4.69, 9.17) is 4.52 Å². The van der Waals surface area contributed by atoms with Crippen molar-refractivity contribution in [2.45, 2.75) is 50.7 Å². The lowest BCUT2D eigenvalue weighted by atomic mass is 10.0. The Morgan fingerprint density at radius 3 is 2.29 bits per heavy atom. The largest absolute Gasteiger partial charge is 0.360 e. The average molecular weight is 592 g/mol. The minimum atomic E-state index is -4.32. The fraction of sp³-hybridized carbons (Fsp3) is 0.333. The molecule has 11 nitrogen and oxygen atoms in total. The monoisotopic (exact) mass is 591 g/mol. The Hall–Kier alpha value is -4.17. The predicted octanol–water partition coefficient (Wildman–Crippen LogP) is 2.43. The molecule has 2 aromatic carbocycles. The van der Waals surface area contributed by atoms with Crippen LogP contribution in [0.15, 0.2) is 58.1 Å². The van der Waals surface area contributed by atoms with E-state index in [-0.39, 0.29) is 30.0 Å². The quantitative estimate of drug-likeness (QED) is 0.249. The summed E-state index contributed by atoms with van der Waals surface area (Å²) < 4.78 is 60.9. The molecule has 0 saturated carbocycles. The fourth-order valence-corrected chi connectivity index (χ4v) is 4.84. The van der Waals surface area contributed by atoms with Gasteiger partial charge in [0.05, 0.1) is 12.0 Å². The Bertz CT molecular complexity index is 1530. The first-order chi connectivity index (χ1) is 19.2. The summed E-state index contributed by atoms with van der Waals surface area (Å²) in [5.74, 6) is -3.38. The number of amides is 3. The van der Waals surface area contributed by atoms with Gasteiger partial charge in [0, 0.05) is 30.3 Å². The molecule has 3 rings (SSSR count). The maximum Gasteiger partial charge on any atom is 0.262 e. The summed E-state index contributed by atoms with van der Waals surface area (Å²) >= 11 is 0. The number of aromatic nitrogens is 1. The van der Waals surface area contributed by atoms with Gasteiger partial charge in [-0.1, -0.05) is 29.4 Å². The van der Waals surface area contributed by atoms with Crippen LogP contribution in [-0.2, 0) is 19.6 Å². The second-order valence-electron chi connectivity index (χ2n) is 10.2. The molecule has 1 heterocycles. The Morgan fingerprint density at radius 1 is 0.976 bits per heavy atom. The van der Waals surface area contributed by atoms with Crippen molar-refractivity contribution < 1.29 is 36.1 Å². The second kappa shape index (κ2) is 13.0. The third-order valence-corrected chi connectivity index (χ3v) is 6.84. The normalized spacial score (nSPS) is 12.4. The lowest BCUT2D eigenvalue weighted by Gasteiger charge is -2.23. The van der Waals surface area contributed by atoms with Crippen LogP contribution in [0.4, 0.5) is 8.78 Å². The number of carbonyl (C=O) groups excluding carboxylic acids is 3. The van der Waals surface area contributed by atoms with E-state index in [0.717, 1.165) is 12.1 Å². The molecule has 3 amide bonds. The highest BCUT2D eigenvalue weighted by Crippen LogP contribution is 2.24. The second-order valence-corrected chi connectivity index (χ2v) is 11.8. The van der Waals surface area contributed by atoms with E-state index in [9.17, 15) is 31.6 Å². The van der Waals surface area contributed by atoms with E-state index >= 15 is 0 Å². The van der Waals surface area contributed by atoms with Crippen LogP contribution in [0, 0.1) is 18.6 Å². The van der Waals surface area contributed by atoms with Crippen LogP contribution in [0.3, 0.4) is 0 Å². The van der Waals surface area contributed by atoms with E-state index in [1.54, 1.807) is 26.8 Å². The summed E-state index contributed by atoms with van der Waals surface area (Å²) in [4.78, 5) is 38.0. The van der Waals surface area contributed by atoms with Gasteiger partial charge in [0.1, 0.15) is 23.4 Å². The number of aryl methyl sites for hydroxylation is 1. The molecule has 14 heteroatoms. The minimum absolute atomic E-state index is 0.163. The molecular weight excluding hydrogens is 560 g/mol. The van der Waals surface area contributed by atoms with Crippen LogP contribution < -0.4 is 20.7 Å². The SMILES string of the molecule is Cc1cc(S(=O)(=O)N[C@@H](CC(=O)NC(C)(C)C)C(=O)NCCNC(=O)c2cc(-c3ccccc3F)ccc2F)no1. The Balaban J connectivity index is 1.65. The van der Waals surface area contributed by atoms with Gasteiger partial charge in [-0.3, -0.25) is 14.4 Å². The molecule has 0 radical (unpaired) electrons. The molecule has 0 spiro atoms. The van der Waals surface area contributed by atoms with Gasteiger partial charge in [-0.2, -0.15) is 4.72 Å². The highest BCUT2D eigenvalue weighted by Gasteiger charge is 2.30. The van der Waals surface area contributed by atoms with Gasteiger partial charge < -0.3 is 20.5 Å². The van der Waals surface area contributed by atoms with E-state index in [0.29, 0.717) is 5.56 Å². The highest BCUT2D eigenvalue weighted by atomic mass is 32.2. The van der Waals surface area contributed by atoms with Crippen molar-refractivity contribution in [2.24, 2.45) is 0 Å².